The average Bonchev–Trinajstić information content (AvgIpc) is 3.91. The molecule has 0 radical (unpaired) electrons. The van der Waals surface area contributed by atoms with Crippen LogP contribution in [0, 0.1) is 0 Å². The third-order valence-electron chi connectivity index (χ3n) is 8.88. The number of H-pyrrole nitrogens is 2. The molecule has 0 amide bonds. The molecule has 0 bridgehead atoms. The molecule has 0 saturated carbocycles. The Hall–Kier alpha value is -4.86. The quantitative estimate of drug-likeness (QED) is 0.0879. The van der Waals surface area contributed by atoms with E-state index < -0.39 is 21.2 Å². The first-order valence-electron chi connectivity index (χ1n) is 16.5. The van der Waals surface area contributed by atoms with Crippen molar-refractivity contribution < 1.29 is 23.1 Å². The van der Waals surface area contributed by atoms with Crippen LogP contribution in [0.1, 0.15) is 41.5 Å². The van der Waals surface area contributed by atoms with Crippen molar-refractivity contribution in [3.05, 3.63) is 143 Å². The highest BCUT2D eigenvalue weighted by atomic mass is 32.2. The number of rotatable bonds is 16. The number of aryl methyl sites for hydroxylation is 1. The fourth-order valence-corrected chi connectivity index (χ4v) is 8.35. The molecule has 0 saturated heterocycles. The second-order valence-corrected chi connectivity index (χ2v) is 15.5. The monoisotopic (exact) mass is 692 g/mol. The summed E-state index contributed by atoms with van der Waals surface area (Å²) in [6, 6.07) is 32.4. The predicted molar refractivity (Wildman–Crippen MR) is 196 cm³/mol. The van der Waals surface area contributed by atoms with Crippen molar-refractivity contribution in [3.63, 3.8) is 0 Å². The number of aromatic nitrogens is 2. The lowest BCUT2D eigenvalue weighted by Gasteiger charge is -2.28. The number of thiophene rings is 1. The van der Waals surface area contributed by atoms with Gasteiger partial charge in [0.2, 0.25) is 0 Å². The Balaban J connectivity index is 1.11. The summed E-state index contributed by atoms with van der Waals surface area (Å²) in [6.07, 6.45) is 6.77. The Bertz CT molecular complexity index is 2060. The summed E-state index contributed by atoms with van der Waals surface area (Å²) < 4.78 is 31.7. The zero-order valence-electron chi connectivity index (χ0n) is 27.4. The van der Waals surface area contributed by atoms with Gasteiger partial charge in [0, 0.05) is 35.1 Å². The van der Waals surface area contributed by atoms with E-state index in [0.717, 1.165) is 51.2 Å². The second kappa shape index (κ2) is 15.1. The van der Waals surface area contributed by atoms with Crippen LogP contribution in [0.2, 0.25) is 0 Å². The van der Waals surface area contributed by atoms with Gasteiger partial charge in [-0.2, -0.15) is 0 Å². The number of ether oxygens (including phenoxy) is 1. The fraction of sp³-hybridized carbons (Fsp3) is 0.225. The van der Waals surface area contributed by atoms with E-state index in [-0.39, 0.29) is 5.75 Å². The van der Waals surface area contributed by atoms with Crippen molar-refractivity contribution in [2.45, 2.75) is 49.3 Å². The third kappa shape index (κ3) is 8.07. The summed E-state index contributed by atoms with van der Waals surface area (Å²) in [5, 5.41) is 12.7. The standard InChI is InChI=1S/C40H40N2O5S2/c1-2-3-21-47-34-15-17-36(18-16-34)49(45,46)22-19-30-23-37(42-27-30)32-13-11-31(12-14-32)33-24-35(48-28-33)26-40(39(43)44,38-10-7-20-41-38)25-29-8-5-4-6-9-29/h4-18,20,23-24,27-28,41-42H,2-3,19,21-22,25-26H2,1H3,(H,43,44). The molecule has 1 atom stereocenters. The molecule has 9 heteroatoms. The minimum Gasteiger partial charge on any atom is -0.494 e. The number of unbranched alkanes of at least 4 members (excludes halogenated alkanes) is 1. The Morgan fingerprint density at radius 2 is 1.59 bits per heavy atom. The Kier molecular flexibility index (Phi) is 10.5. The molecule has 7 nitrogen and oxygen atoms in total. The number of hydrogen-bond acceptors (Lipinski definition) is 5. The van der Waals surface area contributed by atoms with Crippen LogP contribution in [0.3, 0.4) is 0 Å². The molecular formula is C40H40N2O5S2. The zero-order valence-corrected chi connectivity index (χ0v) is 29.0. The smallest absolute Gasteiger partial charge is 0.316 e. The second-order valence-electron chi connectivity index (χ2n) is 12.4. The van der Waals surface area contributed by atoms with E-state index in [1.54, 1.807) is 41.8 Å². The molecule has 0 aliphatic rings. The minimum atomic E-state index is -3.44. The van der Waals surface area contributed by atoms with Crippen LogP contribution < -0.4 is 4.74 Å². The maximum absolute atomic E-state index is 13.0. The number of nitrogens with one attached hydrogen (secondary N) is 2. The van der Waals surface area contributed by atoms with Gasteiger partial charge in [0.25, 0.3) is 0 Å². The molecule has 3 heterocycles. The molecule has 6 aromatic rings. The molecule has 3 aromatic carbocycles. The van der Waals surface area contributed by atoms with Gasteiger partial charge < -0.3 is 19.8 Å². The molecule has 0 spiro atoms. The summed E-state index contributed by atoms with van der Waals surface area (Å²) in [4.78, 5) is 20.7. The molecule has 0 fully saturated rings. The van der Waals surface area contributed by atoms with Crippen molar-refractivity contribution >= 4 is 27.1 Å². The molecule has 3 aromatic heterocycles. The van der Waals surface area contributed by atoms with E-state index in [9.17, 15) is 18.3 Å². The number of sulfone groups is 1. The van der Waals surface area contributed by atoms with E-state index >= 15 is 0 Å². The van der Waals surface area contributed by atoms with Gasteiger partial charge >= 0.3 is 5.97 Å². The van der Waals surface area contributed by atoms with Crippen LogP contribution >= 0.6 is 11.3 Å². The highest BCUT2D eigenvalue weighted by molar-refractivity contribution is 7.91. The zero-order chi connectivity index (χ0) is 34.3. The van der Waals surface area contributed by atoms with E-state index in [1.807, 2.05) is 66.9 Å². The van der Waals surface area contributed by atoms with Crippen LogP contribution in [0.4, 0.5) is 0 Å². The molecule has 49 heavy (non-hydrogen) atoms. The first-order valence-corrected chi connectivity index (χ1v) is 19.0. The van der Waals surface area contributed by atoms with Gasteiger partial charge in [-0.05, 0) is 101 Å². The van der Waals surface area contributed by atoms with Crippen LogP contribution in [-0.4, -0.2) is 41.8 Å². The number of aliphatic carboxylic acids is 1. The van der Waals surface area contributed by atoms with Crippen molar-refractivity contribution in [2.75, 3.05) is 12.4 Å². The number of carboxylic acid groups (broad SMARTS) is 1. The minimum absolute atomic E-state index is 0.0120. The molecule has 0 aliphatic heterocycles. The maximum atomic E-state index is 13.0. The summed E-state index contributed by atoms with van der Waals surface area (Å²) in [5.41, 5.74) is 5.43. The maximum Gasteiger partial charge on any atom is 0.316 e. The summed E-state index contributed by atoms with van der Waals surface area (Å²) in [6.45, 7) is 2.72. The van der Waals surface area contributed by atoms with E-state index in [4.69, 9.17) is 4.74 Å². The summed E-state index contributed by atoms with van der Waals surface area (Å²) in [7, 11) is -3.44. The number of carboxylic acids is 1. The van der Waals surface area contributed by atoms with Gasteiger partial charge in [0.1, 0.15) is 11.2 Å². The Labute approximate surface area is 291 Å². The summed E-state index contributed by atoms with van der Waals surface area (Å²) in [5.74, 6) is -0.166. The van der Waals surface area contributed by atoms with Gasteiger partial charge in [-0.3, -0.25) is 4.79 Å². The van der Waals surface area contributed by atoms with E-state index in [0.29, 0.717) is 42.2 Å². The topological polar surface area (TPSA) is 112 Å². The first kappa shape index (κ1) is 34.0. The van der Waals surface area contributed by atoms with Gasteiger partial charge in [-0.25, -0.2) is 8.42 Å². The molecule has 1 unspecified atom stereocenters. The molecule has 6 rings (SSSR count). The van der Waals surface area contributed by atoms with Crippen LogP contribution in [0.15, 0.2) is 126 Å². The number of benzene rings is 3. The first-order chi connectivity index (χ1) is 23.8. The van der Waals surface area contributed by atoms with Crippen molar-refractivity contribution in [1.82, 2.24) is 9.97 Å². The lowest BCUT2D eigenvalue weighted by atomic mass is 9.75. The Morgan fingerprint density at radius 3 is 2.29 bits per heavy atom. The SMILES string of the molecule is CCCCOc1ccc(S(=O)(=O)CCc2c[nH]c(-c3ccc(-c4csc(CC(Cc5ccccc5)(C(=O)O)c5ccc[nH]5)c4)cc3)c2)cc1. The summed E-state index contributed by atoms with van der Waals surface area (Å²) >= 11 is 1.57. The predicted octanol–water partition coefficient (Wildman–Crippen LogP) is 8.74. The largest absolute Gasteiger partial charge is 0.494 e. The van der Waals surface area contributed by atoms with Crippen LogP contribution in [-0.2, 0) is 39.3 Å². The van der Waals surface area contributed by atoms with Gasteiger partial charge in [-0.15, -0.1) is 11.3 Å². The number of carbonyl (C=O) groups is 1. The highest BCUT2D eigenvalue weighted by Gasteiger charge is 2.42. The van der Waals surface area contributed by atoms with Gasteiger partial charge in [0.15, 0.2) is 9.84 Å². The van der Waals surface area contributed by atoms with Crippen LogP contribution in [0.25, 0.3) is 22.4 Å². The van der Waals surface area contributed by atoms with Gasteiger partial charge in [0.05, 0.1) is 17.3 Å². The van der Waals surface area contributed by atoms with E-state index in [1.165, 1.54) is 0 Å². The fourth-order valence-electron chi connectivity index (χ4n) is 6.05. The normalized spacial score (nSPS) is 12.8. The molecule has 252 valence electrons. The lowest BCUT2D eigenvalue weighted by Crippen LogP contribution is -2.40. The number of hydrogen-bond donors (Lipinski definition) is 3. The number of aromatic amines is 2. The van der Waals surface area contributed by atoms with Crippen molar-refractivity contribution in [2.24, 2.45) is 0 Å². The van der Waals surface area contributed by atoms with E-state index in [2.05, 4.69) is 40.5 Å². The van der Waals surface area contributed by atoms with Crippen molar-refractivity contribution in [1.29, 1.82) is 0 Å². The third-order valence-corrected chi connectivity index (χ3v) is 11.6. The highest BCUT2D eigenvalue weighted by Crippen LogP contribution is 2.36. The van der Waals surface area contributed by atoms with Crippen LogP contribution in [0.5, 0.6) is 5.75 Å². The molecular weight excluding hydrogens is 653 g/mol. The average molecular weight is 693 g/mol. The Morgan fingerprint density at radius 1 is 0.837 bits per heavy atom. The molecule has 3 N–H and O–H groups in total. The van der Waals surface area contributed by atoms with Crippen molar-refractivity contribution in [3.8, 4) is 28.1 Å². The lowest BCUT2D eigenvalue weighted by molar-refractivity contribution is -0.144. The molecule has 0 aliphatic carbocycles. The van der Waals surface area contributed by atoms with Gasteiger partial charge in [-0.1, -0.05) is 67.9 Å².